The standard InChI is InChI=1S/C45H40O7.C44H40O6/c1-47-39-18-14-37(15-19-39)45(36-10-5-4-6-11-36,38-16-20-40(48-2)21-17-38)52-29-33-13-23-42-41-22-12-32(25-35(41)30-51-43(42)26-33)28-50-27-31-8-7-9-34(24-31)44(46)49-3;1-46-39-17-13-37(14-18-39)44(36-9-4-3-5-10-36,38-15-19-40(47-2)20-16-38)50-29-34-12-22-42-41-21-11-33(24-35(41)30-49-43(42)25-34)28-48-27-32-8-6-7-31(23-32)26-45/h4-26H,27-30H2,1-3H3;3-25,45H,26-30H2,1-2H3. The second-order valence-electron chi connectivity index (χ2n) is 25.0. The van der Waals surface area contributed by atoms with Crippen LogP contribution in [0.15, 0.2) is 279 Å². The van der Waals surface area contributed by atoms with Crippen LogP contribution in [0.2, 0.25) is 0 Å². The molecule has 12 aromatic carbocycles. The third-order valence-corrected chi connectivity index (χ3v) is 18.6. The van der Waals surface area contributed by atoms with Crippen molar-refractivity contribution in [3.63, 3.8) is 0 Å². The zero-order valence-electron chi connectivity index (χ0n) is 57.8. The van der Waals surface area contributed by atoms with Crippen LogP contribution in [0.4, 0.5) is 0 Å². The highest BCUT2D eigenvalue weighted by molar-refractivity contribution is 5.89. The average Bonchev–Trinajstić information content (AvgIpc) is 0.765. The van der Waals surface area contributed by atoms with Gasteiger partial charge in [0.15, 0.2) is 0 Å². The topological polar surface area (TPSA) is 139 Å². The molecule has 0 spiro atoms. The van der Waals surface area contributed by atoms with E-state index in [0.717, 1.165) is 140 Å². The van der Waals surface area contributed by atoms with Crippen LogP contribution in [0.1, 0.15) is 93.8 Å². The molecule has 514 valence electrons. The Hall–Kier alpha value is -11.3. The highest BCUT2D eigenvalue weighted by atomic mass is 16.5. The van der Waals surface area contributed by atoms with E-state index in [2.05, 4.69) is 146 Å². The van der Waals surface area contributed by atoms with Gasteiger partial charge in [-0.3, -0.25) is 0 Å². The highest BCUT2D eigenvalue weighted by Gasteiger charge is 2.40. The number of methoxy groups -OCH3 is 5. The van der Waals surface area contributed by atoms with Gasteiger partial charge in [-0.2, -0.15) is 0 Å². The number of hydrogen-bond acceptors (Lipinski definition) is 13. The summed E-state index contributed by atoms with van der Waals surface area (Å²) in [5.41, 5.74) is 18.2. The maximum atomic E-state index is 11.9. The molecule has 14 rings (SSSR count). The predicted octanol–water partition coefficient (Wildman–Crippen LogP) is 18.3. The summed E-state index contributed by atoms with van der Waals surface area (Å²) in [5, 5.41) is 9.41. The number of benzene rings is 12. The van der Waals surface area contributed by atoms with Crippen LogP contribution < -0.4 is 28.4 Å². The Balaban J connectivity index is 0.000000182. The first kappa shape index (κ1) is 69.2. The summed E-state index contributed by atoms with van der Waals surface area (Å²) >= 11 is 0. The number of ether oxygens (including phenoxy) is 11. The summed E-state index contributed by atoms with van der Waals surface area (Å²) < 4.78 is 65.7. The van der Waals surface area contributed by atoms with E-state index in [1.54, 1.807) is 40.6 Å². The molecular formula is C89H80O13. The molecule has 2 aliphatic rings. The van der Waals surface area contributed by atoms with E-state index in [4.69, 9.17) is 52.1 Å². The minimum Gasteiger partial charge on any atom is -0.497 e. The van der Waals surface area contributed by atoms with Crippen LogP contribution in [0.25, 0.3) is 22.3 Å². The fourth-order valence-electron chi connectivity index (χ4n) is 13.4. The van der Waals surface area contributed by atoms with Crippen molar-refractivity contribution in [2.75, 3.05) is 35.5 Å². The summed E-state index contributed by atoms with van der Waals surface area (Å²) in [6.45, 7) is 3.42. The largest absolute Gasteiger partial charge is 0.497 e. The van der Waals surface area contributed by atoms with E-state index in [-0.39, 0.29) is 12.6 Å². The van der Waals surface area contributed by atoms with Gasteiger partial charge >= 0.3 is 5.97 Å². The number of fused-ring (bicyclic) bond motifs is 6. The zero-order chi connectivity index (χ0) is 70.3. The van der Waals surface area contributed by atoms with Gasteiger partial charge in [0.05, 0.1) is 87.4 Å². The monoisotopic (exact) mass is 1360 g/mol. The summed E-state index contributed by atoms with van der Waals surface area (Å²) in [6.07, 6.45) is 0. The Morgan fingerprint density at radius 2 is 0.667 bits per heavy atom. The molecule has 102 heavy (non-hydrogen) atoms. The summed E-state index contributed by atoms with van der Waals surface area (Å²) in [7, 11) is 8.06. The maximum Gasteiger partial charge on any atom is 0.337 e. The van der Waals surface area contributed by atoms with Crippen LogP contribution >= 0.6 is 0 Å². The van der Waals surface area contributed by atoms with E-state index in [1.807, 2.05) is 121 Å². The lowest BCUT2D eigenvalue weighted by molar-refractivity contribution is 0.0000347. The summed E-state index contributed by atoms with van der Waals surface area (Å²) in [5.74, 6) is 4.40. The van der Waals surface area contributed by atoms with Gasteiger partial charge in [-0.1, -0.05) is 194 Å². The molecule has 0 fully saturated rings. The van der Waals surface area contributed by atoms with Crippen molar-refractivity contribution in [3.05, 3.63) is 368 Å². The van der Waals surface area contributed by atoms with Crippen LogP contribution in [0.3, 0.4) is 0 Å². The van der Waals surface area contributed by atoms with E-state index in [0.29, 0.717) is 58.4 Å². The molecule has 0 aliphatic carbocycles. The third-order valence-electron chi connectivity index (χ3n) is 18.6. The lowest BCUT2D eigenvalue weighted by Gasteiger charge is -2.36. The molecule has 0 atom stereocenters. The van der Waals surface area contributed by atoms with Crippen molar-refractivity contribution >= 4 is 5.97 Å². The molecule has 0 amide bonds. The van der Waals surface area contributed by atoms with E-state index in [9.17, 15) is 9.90 Å². The van der Waals surface area contributed by atoms with E-state index < -0.39 is 11.2 Å². The van der Waals surface area contributed by atoms with Gasteiger partial charge in [-0.25, -0.2) is 4.79 Å². The van der Waals surface area contributed by atoms with Crippen LogP contribution in [0.5, 0.6) is 34.5 Å². The molecule has 2 aliphatic heterocycles. The quantitative estimate of drug-likeness (QED) is 0.0407. The Morgan fingerprint density at radius 3 is 1.04 bits per heavy atom. The normalized spacial score (nSPS) is 12.0. The van der Waals surface area contributed by atoms with Crippen molar-refractivity contribution in [1.29, 1.82) is 0 Å². The summed E-state index contributed by atoms with van der Waals surface area (Å²) in [6, 6.07) is 93.4. The predicted molar refractivity (Wildman–Crippen MR) is 394 cm³/mol. The SMILES string of the molecule is COC(=O)c1cccc(COCc2ccc3c(c2)COc2cc(COC(c4ccccc4)(c4ccc(OC)cc4)c4ccc(OC)cc4)ccc2-3)c1.COc1ccc(C(OCc2ccc3c(c2)OCc2cc(COCc4cccc(CO)c4)ccc2-3)(c2ccccc2)c2ccc(OC)cc2)cc1. The fraction of sp³-hybridized carbons (Fsp3) is 0.180. The minimum atomic E-state index is -0.925. The number of carbonyl (C=O) groups excluding carboxylic acids is 1. The van der Waals surface area contributed by atoms with Crippen molar-refractivity contribution in [1.82, 2.24) is 0 Å². The lowest BCUT2D eigenvalue weighted by atomic mass is 9.80. The Labute approximate surface area is 595 Å². The lowest BCUT2D eigenvalue weighted by Crippen LogP contribution is -2.32. The first-order valence-electron chi connectivity index (χ1n) is 33.8. The zero-order valence-corrected chi connectivity index (χ0v) is 57.8. The third kappa shape index (κ3) is 15.4. The van der Waals surface area contributed by atoms with Crippen molar-refractivity contribution in [2.24, 2.45) is 0 Å². The molecular weight excluding hydrogens is 1280 g/mol. The number of aliphatic hydroxyl groups excluding tert-OH is 1. The van der Waals surface area contributed by atoms with Crippen LogP contribution in [0, 0.1) is 0 Å². The number of aliphatic hydroxyl groups is 1. The Bertz CT molecular complexity index is 4690. The van der Waals surface area contributed by atoms with Gasteiger partial charge < -0.3 is 57.2 Å². The first-order chi connectivity index (χ1) is 50.1. The number of carbonyl (C=O) groups is 1. The van der Waals surface area contributed by atoms with Crippen LogP contribution in [-0.2, 0) is 94.3 Å². The fourth-order valence-corrected chi connectivity index (χ4v) is 13.4. The molecule has 0 radical (unpaired) electrons. The van der Waals surface area contributed by atoms with Gasteiger partial charge in [-0.15, -0.1) is 0 Å². The first-order valence-corrected chi connectivity index (χ1v) is 33.8. The molecule has 2 heterocycles. The van der Waals surface area contributed by atoms with Crippen LogP contribution in [-0.4, -0.2) is 46.6 Å². The van der Waals surface area contributed by atoms with Gasteiger partial charge in [0, 0.05) is 11.1 Å². The minimum absolute atomic E-state index is 0.0243. The Morgan fingerprint density at radius 1 is 0.333 bits per heavy atom. The number of hydrogen-bond donors (Lipinski definition) is 1. The van der Waals surface area contributed by atoms with Crippen molar-refractivity contribution < 1.29 is 62.0 Å². The highest BCUT2D eigenvalue weighted by Crippen LogP contribution is 2.47. The molecule has 1 N–H and O–H groups in total. The molecule has 0 aromatic heterocycles. The molecule has 13 heteroatoms. The van der Waals surface area contributed by atoms with Crippen molar-refractivity contribution in [3.8, 4) is 56.8 Å². The average molecular weight is 1360 g/mol. The van der Waals surface area contributed by atoms with Crippen molar-refractivity contribution in [2.45, 2.75) is 70.7 Å². The van der Waals surface area contributed by atoms with Gasteiger partial charge in [-0.05, 0) is 180 Å². The molecule has 12 aromatic rings. The van der Waals surface area contributed by atoms with Gasteiger partial charge in [0.2, 0.25) is 0 Å². The second kappa shape index (κ2) is 32.4. The molecule has 0 saturated heterocycles. The number of esters is 1. The number of rotatable bonds is 26. The molecule has 13 nitrogen and oxygen atoms in total. The molecule has 0 bridgehead atoms. The smallest absolute Gasteiger partial charge is 0.337 e. The van der Waals surface area contributed by atoms with E-state index >= 15 is 0 Å². The Kier molecular flexibility index (Phi) is 22.0. The maximum absolute atomic E-state index is 11.9. The van der Waals surface area contributed by atoms with E-state index in [1.165, 1.54) is 7.11 Å². The van der Waals surface area contributed by atoms with Gasteiger partial charge in [0.1, 0.15) is 58.9 Å². The molecule has 0 saturated carbocycles. The van der Waals surface area contributed by atoms with Gasteiger partial charge in [0.25, 0.3) is 0 Å². The summed E-state index contributed by atoms with van der Waals surface area (Å²) in [4.78, 5) is 11.9. The second-order valence-corrected chi connectivity index (χ2v) is 25.0. The molecule has 0 unspecified atom stereocenters.